The van der Waals surface area contributed by atoms with Crippen LogP contribution in [0.25, 0.3) is 0 Å². The molecule has 0 aromatic carbocycles. The zero-order chi connectivity index (χ0) is 14.9. The Kier molecular flexibility index (Phi) is 3.80. The summed E-state index contributed by atoms with van der Waals surface area (Å²) in [5.41, 5.74) is 0. The zero-order valence-corrected chi connectivity index (χ0v) is 13.1. The van der Waals surface area contributed by atoms with E-state index >= 15 is 0 Å². The first kappa shape index (κ1) is 14.1. The minimum atomic E-state index is 0.368. The Morgan fingerprint density at radius 2 is 2.05 bits per heavy atom. The highest BCUT2D eigenvalue weighted by Gasteiger charge is 2.42. The van der Waals surface area contributed by atoms with Gasteiger partial charge in [-0.3, -0.25) is 4.90 Å². The number of fused-ring (bicyclic) bond motifs is 1. The Morgan fingerprint density at radius 3 is 2.82 bits per heavy atom. The molecule has 0 spiro atoms. The fourth-order valence-corrected chi connectivity index (χ4v) is 4.06. The van der Waals surface area contributed by atoms with Crippen molar-refractivity contribution in [2.75, 3.05) is 13.2 Å². The van der Waals surface area contributed by atoms with E-state index in [1.54, 1.807) is 0 Å². The Labute approximate surface area is 131 Å². The van der Waals surface area contributed by atoms with Crippen LogP contribution in [0.3, 0.4) is 0 Å². The van der Waals surface area contributed by atoms with Crippen molar-refractivity contribution >= 4 is 0 Å². The van der Waals surface area contributed by atoms with Crippen LogP contribution in [0.15, 0.2) is 41.1 Å². The number of ether oxygens (including phenoxy) is 1. The third-order valence-corrected chi connectivity index (χ3v) is 5.10. The van der Waals surface area contributed by atoms with Crippen molar-refractivity contribution in [2.24, 2.45) is 5.92 Å². The number of hydrogen-bond donors (Lipinski definition) is 0. The Bertz CT molecular complexity index is 604. The van der Waals surface area contributed by atoms with E-state index in [-0.39, 0.29) is 0 Å². The lowest BCUT2D eigenvalue weighted by Gasteiger charge is -2.39. The SMILES string of the molecule is Cc1ccc(CN2CCO[C@@H]3[C@H](Cn4cccc4)CC[C@H]32)o1. The first-order valence-electron chi connectivity index (χ1n) is 8.31. The maximum Gasteiger partial charge on any atom is 0.118 e. The molecule has 4 nitrogen and oxygen atoms in total. The number of aryl methyl sites for hydroxylation is 1. The van der Waals surface area contributed by atoms with Gasteiger partial charge in [0.2, 0.25) is 0 Å². The second kappa shape index (κ2) is 5.94. The summed E-state index contributed by atoms with van der Waals surface area (Å²) in [6.45, 7) is 5.84. The molecule has 1 aliphatic carbocycles. The van der Waals surface area contributed by atoms with E-state index in [1.165, 1.54) is 12.8 Å². The Morgan fingerprint density at radius 1 is 1.18 bits per heavy atom. The van der Waals surface area contributed by atoms with E-state index in [4.69, 9.17) is 9.15 Å². The second-order valence-electron chi connectivity index (χ2n) is 6.60. The van der Waals surface area contributed by atoms with Crippen molar-refractivity contribution in [1.82, 2.24) is 9.47 Å². The van der Waals surface area contributed by atoms with Gasteiger partial charge in [0.1, 0.15) is 11.5 Å². The number of morpholine rings is 1. The molecule has 2 aromatic rings. The topological polar surface area (TPSA) is 30.5 Å². The molecule has 3 atom stereocenters. The van der Waals surface area contributed by atoms with Crippen LogP contribution >= 0.6 is 0 Å². The van der Waals surface area contributed by atoms with Crippen molar-refractivity contribution in [3.63, 3.8) is 0 Å². The maximum absolute atomic E-state index is 6.15. The number of aromatic nitrogens is 1. The van der Waals surface area contributed by atoms with Crippen molar-refractivity contribution < 1.29 is 9.15 Å². The van der Waals surface area contributed by atoms with E-state index in [2.05, 4.69) is 46.1 Å². The fourth-order valence-electron chi connectivity index (χ4n) is 4.06. The number of furan rings is 1. The lowest BCUT2D eigenvalue weighted by Crippen LogP contribution is -2.50. The first-order valence-corrected chi connectivity index (χ1v) is 8.31. The molecule has 2 aromatic heterocycles. The third kappa shape index (κ3) is 2.73. The second-order valence-corrected chi connectivity index (χ2v) is 6.60. The van der Waals surface area contributed by atoms with Gasteiger partial charge in [-0.2, -0.15) is 0 Å². The van der Waals surface area contributed by atoms with Crippen molar-refractivity contribution in [2.45, 2.75) is 45.0 Å². The Balaban J connectivity index is 1.44. The van der Waals surface area contributed by atoms with Crippen molar-refractivity contribution in [1.29, 1.82) is 0 Å². The largest absolute Gasteiger partial charge is 0.465 e. The molecule has 0 bridgehead atoms. The van der Waals surface area contributed by atoms with Crippen LogP contribution < -0.4 is 0 Å². The maximum atomic E-state index is 6.15. The summed E-state index contributed by atoms with van der Waals surface area (Å²) in [4.78, 5) is 2.56. The van der Waals surface area contributed by atoms with Crippen LogP contribution in [0.1, 0.15) is 24.4 Å². The van der Waals surface area contributed by atoms with Gasteiger partial charge in [0.15, 0.2) is 0 Å². The van der Waals surface area contributed by atoms with E-state index in [0.717, 1.165) is 37.8 Å². The smallest absolute Gasteiger partial charge is 0.118 e. The van der Waals surface area contributed by atoms with E-state index in [9.17, 15) is 0 Å². The average Bonchev–Trinajstić information content (AvgIpc) is 3.23. The highest BCUT2D eigenvalue weighted by molar-refractivity contribution is 5.07. The summed E-state index contributed by atoms with van der Waals surface area (Å²) in [6.07, 6.45) is 7.16. The van der Waals surface area contributed by atoms with Crippen LogP contribution in [-0.2, 0) is 17.8 Å². The molecule has 0 radical (unpaired) electrons. The summed E-state index contributed by atoms with van der Waals surface area (Å²) in [6, 6.07) is 8.89. The quantitative estimate of drug-likeness (QED) is 0.869. The van der Waals surface area contributed by atoms with Crippen LogP contribution in [0, 0.1) is 12.8 Å². The predicted octanol–water partition coefficient (Wildman–Crippen LogP) is 3.07. The van der Waals surface area contributed by atoms with Gasteiger partial charge in [-0.05, 0) is 44.0 Å². The summed E-state index contributed by atoms with van der Waals surface area (Å²) >= 11 is 0. The molecule has 0 amide bonds. The van der Waals surface area contributed by atoms with Crippen LogP contribution in [0.5, 0.6) is 0 Å². The van der Waals surface area contributed by atoms with Gasteiger partial charge in [-0.25, -0.2) is 0 Å². The summed E-state index contributed by atoms with van der Waals surface area (Å²) in [5, 5.41) is 0. The predicted molar refractivity (Wildman–Crippen MR) is 84.5 cm³/mol. The van der Waals surface area contributed by atoms with Crippen molar-refractivity contribution in [3.05, 3.63) is 48.2 Å². The van der Waals surface area contributed by atoms with E-state index in [1.807, 2.05) is 6.92 Å². The molecule has 2 fully saturated rings. The molecule has 0 unspecified atom stereocenters. The van der Waals surface area contributed by atoms with Crippen molar-refractivity contribution in [3.8, 4) is 0 Å². The van der Waals surface area contributed by atoms with Gasteiger partial charge in [-0.1, -0.05) is 0 Å². The molecule has 3 heterocycles. The van der Waals surface area contributed by atoms with Gasteiger partial charge in [0.25, 0.3) is 0 Å². The molecule has 1 aliphatic heterocycles. The summed E-state index contributed by atoms with van der Waals surface area (Å²) < 4.78 is 14.2. The van der Waals surface area contributed by atoms with Crippen LogP contribution in [-0.4, -0.2) is 34.8 Å². The highest BCUT2D eigenvalue weighted by atomic mass is 16.5. The lowest BCUT2D eigenvalue weighted by atomic mass is 10.0. The number of rotatable bonds is 4. The minimum absolute atomic E-state index is 0.368. The van der Waals surface area contributed by atoms with Gasteiger partial charge >= 0.3 is 0 Å². The van der Waals surface area contributed by atoms with Gasteiger partial charge in [0, 0.05) is 37.4 Å². The van der Waals surface area contributed by atoms with Crippen LogP contribution in [0.2, 0.25) is 0 Å². The fraction of sp³-hybridized carbons (Fsp3) is 0.556. The van der Waals surface area contributed by atoms with E-state index in [0.29, 0.717) is 18.1 Å². The highest BCUT2D eigenvalue weighted by Crippen LogP contribution is 2.36. The van der Waals surface area contributed by atoms with Crippen LogP contribution in [0.4, 0.5) is 0 Å². The molecule has 4 heteroatoms. The zero-order valence-electron chi connectivity index (χ0n) is 13.1. The first-order chi connectivity index (χ1) is 10.8. The molecule has 0 N–H and O–H groups in total. The summed E-state index contributed by atoms with van der Waals surface area (Å²) in [5.74, 6) is 2.70. The number of hydrogen-bond acceptors (Lipinski definition) is 3. The molecule has 1 saturated heterocycles. The molecule has 22 heavy (non-hydrogen) atoms. The Hall–Kier alpha value is -1.52. The van der Waals surface area contributed by atoms with Gasteiger partial charge in [-0.15, -0.1) is 0 Å². The monoisotopic (exact) mass is 300 g/mol. The minimum Gasteiger partial charge on any atom is -0.465 e. The molecule has 1 saturated carbocycles. The molecular weight excluding hydrogens is 276 g/mol. The molecule has 118 valence electrons. The van der Waals surface area contributed by atoms with Gasteiger partial charge < -0.3 is 13.7 Å². The van der Waals surface area contributed by atoms with E-state index < -0.39 is 0 Å². The van der Waals surface area contributed by atoms with Gasteiger partial charge in [0.05, 0.1) is 19.3 Å². The normalized spacial score (nSPS) is 28.9. The molecule has 2 aliphatic rings. The summed E-state index contributed by atoms with van der Waals surface area (Å²) in [7, 11) is 0. The average molecular weight is 300 g/mol. The molecular formula is C18H24N2O2. The lowest BCUT2D eigenvalue weighted by molar-refractivity contribution is -0.0801. The molecule has 4 rings (SSSR count). The third-order valence-electron chi connectivity index (χ3n) is 5.10. The standard InChI is InChI=1S/C18H24N2O2/c1-14-4-6-16(22-14)13-20-10-11-21-18-15(5-7-17(18)20)12-19-8-2-3-9-19/h2-4,6,8-9,15,17-18H,5,7,10-13H2,1H3/t15-,17+,18+/m0/s1. The number of nitrogens with zero attached hydrogens (tertiary/aromatic N) is 2.